The van der Waals surface area contributed by atoms with Gasteiger partial charge in [0.2, 0.25) is 21.9 Å². The van der Waals surface area contributed by atoms with E-state index in [0.717, 1.165) is 15.4 Å². The maximum Gasteiger partial charge on any atom is 0.326 e. The van der Waals surface area contributed by atoms with Gasteiger partial charge in [-0.05, 0) is 79.5 Å². The molecule has 14 nitrogen and oxygen atoms in total. The van der Waals surface area contributed by atoms with Crippen molar-refractivity contribution in [1.29, 1.82) is 5.41 Å². The van der Waals surface area contributed by atoms with Crippen LogP contribution in [0.2, 0.25) is 0 Å². The van der Waals surface area contributed by atoms with Crippen LogP contribution in [0.3, 0.4) is 0 Å². The van der Waals surface area contributed by atoms with E-state index in [1.807, 2.05) is 19.1 Å². The highest BCUT2D eigenvalue weighted by atomic mass is 32.2. The first-order valence-corrected chi connectivity index (χ1v) is 19.7. The van der Waals surface area contributed by atoms with Gasteiger partial charge in [-0.1, -0.05) is 45.0 Å². The molecule has 0 aliphatic carbocycles. The van der Waals surface area contributed by atoms with Gasteiger partial charge >= 0.3 is 5.97 Å². The molecule has 1 saturated heterocycles. The summed E-state index contributed by atoms with van der Waals surface area (Å²) in [7, 11) is -8.63. The number of benzene rings is 2. The van der Waals surface area contributed by atoms with Crippen molar-refractivity contribution in [1.82, 2.24) is 13.9 Å². The maximum atomic E-state index is 14.1. The third-order valence-corrected chi connectivity index (χ3v) is 13.0. The van der Waals surface area contributed by atoms with Gasteiger partial charge < -0.3 is 26.4 Å². The number of fused-ring (bicyclic) bond motifs is 2. The molecule has 49 heavy (non-hydrogen) atoms. The average Bonchev–Trinajstić information content (AvgIpc) is 3.04. The molecule has 16 heteroatoms. The molecule has 0 aromatic heterocycles. The van der Waals surface area contributed by atoms with E-state index < -0.39 is 50.0 Å². The molecule has 3 aliphatic rings. The SMILES string of the molecule is CC1CNc2c(cccc2S(=O)(=O)N[C@H](CCCN(C(=N)N)S(=O)(=O)c2cccc3c2NCC(C)C3)C(=O)N2CC[C@H](C)C[C@@H]2C(=O)O)C1. The highest BCUT2D eigenvalue weighted by Crippen LogP contribution is 2.34. The number of carboxylic acids is 1. The molecule has 2 aromatic carbocycles. The maximum absolute atomic E-state index is 14.1. The quantitative estimate of drug-likeness (QED) is 0.148. The zero-order chi connectivity index (χ0) is 35.7. The summed E-state index contributed by atoms with van der Waals surface area (Å²) in [6.45, 7) is 6.98. The van der Waals surface area contributed by atoms with Crippen LogP contribution in [0.5, 0.6) is 0 Å². The summed E-state index contributed by atoms with van der Waals surface area (Å²) in [4.78, 5) is 27.5. The summed E-state index contributed by atoms with van der Waals surface area (Å²) in [5, 5.41) is 24.5. The molecule has 5 rings (SSSR count). The molecular weight excluding hydrogens is 671 g/mol. The number of hydrogen-bond donors (Lipinski definition) is 6. The number of amides is 1. The second kappa shape index (κ2) is 14.5. The van der Waals surface area contributed by atoms with E-state index in [1.165, 1.54) is 17.0 Å². The summed E-state index contributed by atoms with van der Waals surface area (Å²) in [6, 6.07) is 7.34. The molecule has 3 aliphatic heterocycles. The van der Waals surface area contributed by atoms with Crippen LogP contribution < -0.4 is 21.1 Å². The Hall–Kier alpha value is -3.89. The van der Waals surface area contributed by atoms with Gasteiger partial charge in [0.25, 0.3) is 10.0 Å². The number of nitrogens with one attached hydrogen (secondary N) is 4. The third kappa shape index (κ3) is 7.80. The average molecular weight is 718 g/mol. The number of rotatable bonds is 11. The van der Waals surface area contributed by atoms with Crippen molar-refractivity contribution < 1.29 is 31.5 Å². The molecular formula is C33H47N7O7S2. The number of carboxylic acid groups (broad SMARTS) is 1. The minimum Gasteiger partial charge on any atom is -0.480 e. The van der Waals surface area contributed by atoms with Crippen LogP contribution in [-0.4, -0.2) is 87.2 Å². The zero-order valence-electron chi connectivity index (χ0n) is 28.1. The Kier molecular flexibility index (Phi) is 10.8. The second-order valence-corrected chi connectivity index (χ2v) is 17.3. The fraction of sp³-hybridized carbons (Fsp3) is 0.545. The van der Waals surface area contributed by atoms with Crippen molar-refractivity contribution in [2.24, 2.45) is 23.5 Å². The monoisotopic (exact) mass is 717 g/mol. The number of aliphatic carboxylic acids is 1. The van der Waals surface area contributed by atoms with Gasteiger partial charge in [0.05, 0.1) is 11.4 Å². The number of likely N-dealkylation sites (tertiary alicyclic amines) is 1. The van der Waals surface area contributed by atoms with Gasteiger partial charge in [0, 0.05) is 26.2 Å². The van der Waals surface area contributed by atoms with Gasteiger partial charge in [-0.15, -0.1) is 0 Å². The Morgan fingerprint density at radius 3 is 2.12 bits per heavy atom. The lowest BCUT2D eigenvalue weighted by Crippen LogP contribution is -2.56. The van der Waals surface area contributed by atoms with E-state index in [4.69, 9.17) is 11.1 Å². The largest absolute Gasteiger partial charge is 0.480 e. The van der Waals surface area contributed by atoms with Crippen molar-refractivity contribution in [3.63, 3.8) is 0 Å². The molecule has 1 fully saturated rings. The first-order chi connectivity index (χ1) is 23.1. The standard InChI is InChI=1S/C33H47N7O7S2/c1-20-12-14-39(26(17-20)32(42)43)31(41)25(38-48(44,45)27-10-4-7-23-15-21(2)18-36-29(23)27)9-6-13-40(33(34)35)49(46,47)28-11-5-8-24-16-22(3)19-37-30(24)28/h4-5,7-8,10-11,20-22,25-26,36-38H,6,9,12-19H2,1-3H3,(H3,34,35)(H,42,43)/t20-,21?,22?,25+,26+/m0/s1. The van der Waals surface area contributed by atoms with E-state index in [0.29, 0.717) is 55.6 Å². The Morgan fingerprint density at radius 2 is 1.55 bits per heavy atom. The zero-order valence-corrected chi connectivity index (χ0v) is 29.7. The lowest BCUT2D eigenvalue weighted by molar-refractivity contribution is -0.153. The molecule has 268 valence electrons. The summed E-state index contributed by atoms with van der Waals surface area (Å²) < 4.78 is 59.0. The molecule has 0 saturated carbocycles. The van der Waals surface area contributed by atoms with Gasteiger partial charge in [-0.2, -0.15) is 4.72 Å². The number of sulfonamides is 2. The normalized spacial score (nSPS) is 22.9. The molecule has 5 atom stereocenters. The highest BCUT2D eigenvalue weighted by Gasteiger charge is 2.40. The predicted molar refractivity (Wildman–Crippen MR) is 186 cm³/mol. The van der Waals surface area contributed by atoms with E-state index in [9.17, 15) is 31.5 Å². The lowest BCUT2D eigenvalue weighted by Gasteiger charge is -2.38. The van der Waals surface area contributed by atoms with Crippen LogP contribution in [-0.2, 0) is 42.5 Å². The molecule has 2 aromatic rings. The van der Waals surface area contributed by atoms with Crippen LogP contribution >= 0.6 is 0 Å². The number of guanidine groups is 1. The number of para-hydroxylation sites is 2. The van der Waals surface area contributed by atoms with Gasteiger partial charge in [0.15, 0.2) is 0 Å². The minimum absolute atomic E-state index is 0.0252. The first kappa shape index (κ1) is 36.4. The molecule has 0 radical (unpaired) electrons. The van der Waals surface area contributed by atoms with E-state index in [-0.39, 0.29) is 48.1 Å². The van der Waals surface area contributed by atoms with E-state index in [1.54, 1.807) is 12.1 Å². The van der Waals surface area contributed by atoms with Crippen molar-refractivity contribution in [3.05, 3.63) is 47.5 Å². The number of nitrogens with zero attached hydrogens (tertiary/aromatic N) is 2. The number of piperidine rings is 1. The fourth-order valence-corrected chi connectivity index (χ4v) is 10.1. The van der Waals surface area contributed by atoms with Crippen LogP contribution in [0.1, 0.15) is 57.6 Å². The summed E-state index contributed by atoms with van der Waals surface area (Å²) in [5.41, 5.74) is 8.40. The second-order valence-electron chi connectivity index (χ2n) is 13.8. The van der Waals surface area contributed by atoms with Gasteiger partial charge in [-0.3, -0.25) is 10.2 Å². The van der Waals surface area contributed by atoms with Crippen molar-refractivity contribution in [2.45, 2.75) is 81.2 Å². The van der Waals surface area contributed by atoms with Crippen molar-refractivity contribution in [3.8, 4) is 0 Å². The predicted octanol–water partition coefficient (Wildman–Crippen LogP) is 2.62. The molecule has 2 unspecified atom stereocenters. The molecule has 1 amide bonds. The summed E-state index contributed by atoms with van der Waals surface area (Å²) in [5.74, 6) is -1.96. The summed E-state index contributed by atoms with van der Waals surface area (Å²) >= 11 is 0. The van der Waals surface area contributed by atoms with E-state index in [2.05, 4.69) is 29.2 Å². The topological polar surface area (TPSA) is 215 Å². The number of hydrogen-bond acceptors (Lipinski definition) is 9. The summed E-state index contributed by atoms with van der Waals surface area (Å²) in [6.07, 6.45) is 1.88. The molecule has 7 N–H and O–H groups in total. The molecule has 0 spiro atoms. The molecule has 0 bridgehead atoms. The lowest BCUT2D eigenvalue weighted by atomic mass is 9.91. The van der Waals surface area contributed by atoms with Crippen LogP contribution in [0, 0.1) is 23.2 Å². The van der Waals surface area contributed by atoms with Crippen molar-refractivity contribution in [2.75, 3.05) is 36.8 Å². The Bertz CT molecular complexity index is 1820. The Balaban J connectivity index is 1.42. The number of carbonyl (C=O) groups is 2. The first-order valence-electron chi connectivity index (χ1n) is 16.7. The number of nitrogens with two attached hydrogens (primary N) is 1. The van der Waals surface area contributed by atoms with Crippen LogP contribution in [0.15, 0.2) is 46.2 Å². The van der Waals surface area contributed by atoms with Gasteiger partial charge in [-0.25, -0.2) is 25.9 Å². The van der Waals surface area contributed by atoms with Crippen molar-refractivity contribution >= 4 is 49.3 Å². The number of anilines is 2. The van der Waals surface area contributed by atoms with E-state index >= 15 is 0 Å². The van der Waals surface area contributed by atoms with Crippen LogP contribution in [0.4, 0.5) is 11.4 Å². The van der Waals surface area contributed by atoms with Crippen LogP contribution in [0.25, 0.3) is 0 Å². The molecule has 3 heterocycles. The highest BCUT2D eigenvalue weighted by molar-refractivity contribution is 7.90. The third-order valence-electron chi connectivity index (χ3n) is 9.62. The van der Waals surface area contributed by atoms with Gasteiger partial charge in [0.1, 0.15) is 21.9 Å². The number of carbonyl (C=O) groups excluding carboxylic acids is 1. The Morgan fingerprint density at radius 1 is 0.980 bits per heavy atom. The fourth-order valence-electron chi connectivity index (χ4n) is 7.03. The smallest absolute Gasteiger partial charge is 0.326 e. The Labute approximate surface area is 288 Å². The minimum atomic E-state index is -4.32.